The summed E-state index contributed by atoms with van der Waals surface area (Å²) in [6.07, 6.45) is 4.78. The van der Waals surface area contributed by atoms with E-state index in [1.165, 1.54) is 38.8 Å². The van der Waals surface area contributed by atoms with E-state index in [1.54, 1.807) is 0 Å². The van der Waals surface area contributed by atoms with Gasteiger partial charge in [-0.2, -0.15) is 0 Å². The van der Waals surface area contributed by atoms with E-state index in [0.717, 1.165) is 0 Å². The van der Waals surface area contributed by atoms with Crippen molar-refractivity contribution >= 4 is 5.97 Å². The Kier molecular flexibility index (Phi) is 5.34. The maximum Gasteiger partial charge on any atom is 0.302 e. The number of aliphatic hydroxyl groups excluding tert-OH is 2. The minimum Gasteiger partial charge on any atom is -0.462 e. The summed E-state index contributed by atoms with van der Waals surface area (Å²) in [5.74, 6) is 1.85. The lowest BCUT2D eigenvalue weighted by atomic mass is 9.46. The van der Waals surface area contributed by atoms with Gasteiger partial charge < -0.3 is 20.1 Å². The lowest BCUT2D eigenvalue weighted by molar-refractivity contribution is -0.145. The van der Waals surface area contributed by atoms with E-state index in [-0.39, 0.29) is 24.0 Å². The Morgan fingerprint density at radius 3 is 2.74 bits per heavy atom. The number of esters is 1. The van der Waals surface area contributed by atoms with Crippen molar-refractivity contribution in [3.05, 3.63) is 24.3 Å². The van der Waals surface area contributed by atoms with E-state index in [0.29, 0.717) is 35.7 Å². The molecule has 3 aliphatic rings. The van der Waals surface area contributed by atoms with E-state index < -0.39 is 17.7 Å². The average molecular weight is 379 g/mol. The lowest BCUT2D eigenvalue weighted by Crippen LogP contribution is -2.57. The summed E-state index contributed by atoms with van der Waals surface area (Å²) in [5, 5.41) is 31.7. The fourth-order valence-corrected chi connectivity index (χ4v) is 6.23. The van der Waals surface area contributed by atoms with Gasteiger partial charge in [0.1, 0.15) is 12.2 Å². The van der Waals surface area contributed by atoms with E-state index in [2.05, 4.69) is 20.4 Å². The molecule has 0 unspecified atom stereocenters. The molecule has 0 bridgehead atoms. The van der Waals surface area contributed by atoms with Crippen molar-refractivity contribution in [3.63, 3.8) is 0 Å². The van der Waals surface area contributed by atoms with Crippen LogP contribution in [-0.2, 0) is 9.53 Å². The van der Waals surface area contributed by atoms with E-state index in [9.17, 15) is 20.1 Å². The predicted molar refractivity (Wildman–Crippen MR) is 103 cm³/mol. The van der Waals surface area contributed by atoms with Crippen LogP contribution in [0, 0.1) is 35.0 Å². The Balaban J connectivity index is 1.68. The summed E-state index contributed by atoms with van der Waals surface area (Å²) in [6, 6.07) is 0. The molecule has 0 aromatic carbocycles. The third kappa shape index (κ3) is 3.39. The van der Waals surface area contributed by atoms with Crippen molar-refractivity contribution < 1.29 is 24.9 Å². The average Bonchev–Trinajstić information content (AvgIpc) is 3.03. The van der Waals surface area contributed by atoms with Gasteiger partial charge in [-0.05, 0) is 54.9 Å². The first-order chi connectivity index (χ1) is 12.5. The Bertz CT molecular complexity index is 639. The molecular weight excluding hydrogens is 344 g/mol. The number of aliphatic hydroxyl groups is 3. The van der Waals surface area contributed by atoms with Crippen LogP contribution in [-0.4, -0.2) is 45.7 Å². The number of hydrogen-bond acceptors (Lipinski definition) is 5. The summed E-state index contributed by atoms with van der Waals surface area (Å²) in [6.45, 7) is 11.3. The molecule has 0 aromatic heterocycles. The zero-order chi connectivity index (χ0) is 20.1. The Morgan fingerprint density at radius 1 is 1.44 bits per heavy atom. The molecule has 3 saturated carbocycles. The number of rotatable bonds is 6. The highest BCUT2D eigenvalue weighted by Crippen LogP contribution is 2.73. The largest absolute Gasteiger partial charge is 0.462 e. The summed E-state index contributed by atoms with van der Waals surface area (Å²) in [7, 11) is 0. The molecule has 152 valence electrons. The molecule has 3 fully saturated rings. The van der Waals surface area contributed by atoms with Gasteiger partial charge in [0.2, 0.25) is 0 Å². The Hall–Kier alpha value is -1.17. The molecule has 0 amide bonds. The van der Waals surface area contributed by atoms with Crippen molar-refractivity contribution in [2.24, 2.45) is 35.0 Å². The molecule has 9 atom stereocenters. The van der Waals surface area contributed by atoms with Gasteiger partial charge in [-0.3, -0.25) is 4.79 Å². The normalized spacial score (nSPS) is 43.5. The van der Waals surface area contributed by atoms with Crippen LogP contribution in [0.15, 0.2) is 24.3 Å². The molecule has 0 aliphatic heterocycles. The van der Waals surface area contributed by atoms with E-state index in [4.69, 9.17) is 4.74 Å². The maximum atomic E-state index is 10.9. The van der Waals surface area contributed by atoms with Crippen LogP contribution >= 0.6 is 0 Å². The lowest BCUT2D eigenvalue weighted by Gasteiger charge is -2.58. The summed E-state index contributed by atoms with van der Waals surface area (Å²) in [4.78, 5) is 10.9. The third-order valence-corrected chi connectivity index (χ3v) is 7.68. The van der Waals surface area contributed by atoms with Crippen LogP contribution in [0.25, 0.3) is 0 Å². The van der Waals surface area contributed by atoms with Crippen molar-refractivity contribution in [1.29, 1.82) is 0 Å². The van der Waals surface area contributed by atoms with Crippen LogP contribution in [0.1, 0.15) is 47.0 Å². The zero-order valence-corrected chi connectivity index (χ0v) is 16.9. The van der Waals surface area contributed by atoms with Crippen molar-refractivity contribution in [2.45, 2.75) is 64.8 Å². The number of ether oxygens (including phenoxy) is 1. The molecule has 0 saturated heterocycles. The molecule has 27 heavy (non-hydrogen) atoms. The van der Waals surface area contributed by atoms with Gasteiger partial charge in [0.25, 0.3) is 0 Å². The van der Waals surface area contributed by atoms with Crippen LogP contribution in [0.3, 0.4) is 0 Å². The van der Waals surface area contributed by atoms with E-state index >= 15 is 0 Å². The first kappa shape index (κ1) is 20.6. The first-order valence-electron chi connectivity index (χ1n) is 10.1. The topological polar surface area (TPSA) is 87.0 Å². The highest BCUT2D eigenvalue weighted by atomic mass is 16.5. The van der Waals surface area contributed by atoms with Gasteiger partial charge >= 0.3 is 5.97 Å². The second-order valence-corrected chi connectivity index (χ2v) is 9.50. The fraction of sp³-hybridized carbons (Fsp3) is 0.773. The van der Waals surface area contributed by atoms with Crippen molar-refractivity contribution in [3.8, 4) is 0 Å². The third-order valence-electron chi connectivity index (χ3n) is 7.68. The van der Waals surface area contributed by atoms with Gasteiger partial charge in [-0.1, -0.05) is 39.0 Å². The molecule has 0 heterocycles. The molecular formula is C22H34O5. The molecule has 5 heteroatoms. The smallest absolute Gasteiger partial charge is 0.302 e. The highest BCUT2D eigenvalue weighted by molar-refractivity contribution is 5.66. The predicted octanol–water partition coefficient (Wildman–Crippen LogP) is 2.45. The standard InChI is InChI=1S/C22H34O5/c1-12-6-7-16-19(12)20-15(10-18(25)22(16,20)5)13(2)17(24)8-9-21(4,26)11-27-14(3)23/h8-9,12,15-20,24-26H,2,6-7,10-11H2,1,3-5H3/b9-8+/t12-,15+,16+,17-,18-,19-,20+,21-,22+/m1/s1. The number of carbonyl (C=O) groups is 1. The molecule has 5 nitrogen and oxygen atoms in total. The summed E-state index contributed by atoms with van der Waals surface area (Å²) in [5.41, 5.74) is -0.703. The Labute approximate surface area is 162 Å². The van der Waals surface area contributed by atoms with Gasteiger partial charge in [0.15, 0.2) is 0 Å². The van der Waals surface area contributed by atoms with Gasteiger partial charge in [0, 0.05) is 12.3 Å². The summed E-state index contributed by atoms with van der Waals surface area (Å²) >= 11 is 0. The molecule has 3 rings (SSSR count). The van der Waals surface area contributed by atoms with Gasteiger partial charge in [-0.15, -0.1) is 0 Å². The second kappa shape index (κ2) is 7.02. The van der Waals surface area contributed by atoms with Crippen molar-refractivity contribution in [2.75, 3.05) is 6.61 Å². The van der Waals surface area contributed by atoms with Crippen LogP contribution in [0.4, 0.5) is 0 Å². The zero-order valence-electron chi connectivity index (χ0n) is 16.9. The molecule has 0 radical (unpaired) electrons. The molecule has 3 N–H and O–H groups in total. The van der Waals surface area contributed by atoms with Crippen LogP contribution in [0.2, 0.25) is 0 Å². The second-order valence-electron chi connectivity index (χ2n) is 9.50. The number of carbonyl (C=O) groups excluding carboxylic acids is 1. The molecule has 3 aliphatic carbocycles. The van der Waals surface area contributed by atoms with Crippen LogP contribution in [0.5, 0.6) is 0 Å². The minimum absolute atomic E-state index is 0.0622. The fourth-order valence-electron chi connectivity index (χ4n) is 6.23. The van der Waals surface area contributed by atoms with Gasteiger partial charge in [-0.25, -0.2) is 0 Å². The molecule has 0 spiro atoms. The van der Waals surface area contributed by atoms with E-state index in [1.807, 2.05) is 0 Å². The van der Waals surface area contributed by atoms with Crippen LogP contribution < -0.4 is 0 Å². The maximum absolute atomic E-state index is 10.9. The highest BCUT2D eigenvalue weighted by Gasteiger charge is 2.70. The van der Waals surface area contributed by atoms with Crippen molar-refractivity contribution in [1.82, 2.24) is 0 Å². The van der Waals surface area contributed by atoms with Gasteiger partial charge in [0.05, 0.1) is 12.2 Å². The molecule has 0 aromatic rings. The minimum atomic E-state index is -1.35. The summed E-state index contributed by atoms with van der Waals surface area (Å²) < 4.78 is 4.85. The number of hydrogen-bond donors (Lipinski definition) is 3. The first-order valence-corrected chi connectivity index (χ1v) is 10.1. The quantitative estimate of drug-likeness (QED) is 0.488. The number of fused-ring (bicyclic) bond motifs is 4. The SMILES string of the molecule is C=C([C@H](O)/C=C/[C@@](C)(O)COC(C)=O)[C@@H]1C[C@@H](O)[C@@]2(C)[C@@H]1[C@@H]1[C@H](C)CC[C@@H]12. The monoisotopic (exact) mass is 378 g/mol. The Morgan fingerprint density at radius 2 is 2.11 bits per heavy atom.